The van der Waals surface area contributed by atoms with Crippen molar-refractivity contribution in [1.82, 2.24) is 19.5 Å². The number of phosphoric acid groups is 1. The van der Waals surface area contributed by atoms with Crippen LogP contribution in [0.5, 0.6) is 5.75 Å². The molecule has 0 unspecified atom stereocenters. The minimum Gasteiger partial charge on any atom is -0.404 e. The van der Waals surface area contributed by atoms with E-state index in [4.69, 9.17) is 25.0 Å². The highest BCUT2D eigenvalue weighted by molar-refractivity contribution is 7.46. The van der Waals surface area contributed by atoms with Gasteiger partial charge in [0, 0.05) is 0 Å². The van der Waals surface area contributed by atoms with Crippen molar-refractivity contribution in [2.24, 2.45) is 0 Å². The third-order valence-corrected chi connectivity index (χ3v) is 5.17. The SMILES string of the molecule is Nc1ncnc2c1ncn2[C@@H]1O[C@H](CO)[C@H](O)[C@H]1OCc1cccc(OP(=O)(O)O)c1. The van der Waals surface area contributed by atoms with E-state index < -0.39 is 39.0 Å². The highest BCUT2D eigenvalue weighted by atomic mass is 31.2. The molecule has 1 aromatic carbocycles. The zero-order valence-electron chi connectivity index (χ0n) is 15.9. The summed E-state index contributed by atoms with van der Waals surface area (Å²) in [5, 5.41) is 20.2. The first-order valence-electron chi connectivity index (χ1n) is 9.10. The van der Waals surface area contributed by atoms with Gasteiger partial charge in [0.1, 0.15) is 35.9 Å². The Bertz CT molecular complexity index is 1120. The fraction of sp³-hybridized carbons (Fsp3) is 0.353. The average Bonchev–Trinajstić information content (AvgIpc) is 3.27. The lowest BCUT2D eigenvalue weighted by atomic mass is 10.1. The number of nitrogen functional groups attached to an aromatic ring is 1. The molecule has 14 heteroatoms. The number of aliphatic hydroxyl groups is 2. The van der Waals surface area contributed by atoms with E-state index in [0.29, 0.717) is 16.7 Å². The topological polar surface area (TPSA) is 195 Å². The third kappa shape index (κ3) is 4.52. The molecule has 13 nitrogen and oxygen atoms in total. The molecule has 1 aliphatic rings. The van der Waals surface area contributed by atoms with Crippen molar-refractivity contribution in [3.8, 4) is 5.75 Å². The molecule has 0 bridgehead atoms. The zero-order valence-corrected chi connectivity index (χ0v) is 16.8. The van der Waals surface area contributed by atoms with Gasteiger partial charge in [0.05, 0.1) is 19.5 Å². The maximum absolute atomic E-state index is 11.0. The van der Waals surface area contributed by atoms with Crippen molar-refractivity contribution in [2.75, 3.05) is 12.3 Å². The second-order valence-electron chi connectivity index (χ2n) is 6.83. The number of aliphatic hydroxyl groups excluding tert-OH is 2. The van der Waals surface area contributed by atoms with Crippen LogP contribution >= 0.6 is 7.82 Å². The zero-order chi connectivity index (χ0) is 22.2. The predicted octanol–water partition coefficient (Wildman–Crippen LogP) is -0.284. The van der Waals surface area contributed by atoms with Crippen LogP contribution in [0.2, 0.25) is 0 Å². The molecular weight excluding hydrogens is 433 g/mol. The molecule has 6 N–H and O–H groups in total. The fourth-order valence-electron chi connectivity index (χ4n) is 3.35. The van der Waals surface area contributed by atoms with E-state index in [0.717, 1.165) is 0 Å². The molecule has 3 heterocycles. The number of ether oxygens (including phenoxy) is 2. The van der Waals surface area contributed by atoms with Gasteiger partial charge in [-0.05, 0) is 17.7 Å². The van der Waals surface area contributed by atoms with Crippen LogP contribution in [0, 0.1) is 0 Å². The maximum atomic E-state index is 11.0. The number of hydrogen-bond acceptors (Lipinski definition) is 10. The normalized spacial score (nSPS) is 24.0. The number of phosphoric ester groups is 1. The summed E-state index contributed by atoms with van der Waals surface area (Å²) >= 11 is 0. The summed E-state index contributed by atoms with van der Waals surface area (Å²) in [6.45, 7) is -0.477. The number of rotatable bonds is 7. The number of aromatic nitrogens is 4. The van der Waals surface area contributed by atoms with E-state index in [1.54, 1.807) is 12.1 Å². The Balaban J connectivity index is 1.57. The largest absolute Gasteiger partial charge is 0.524 e. The highest BCUT2D eigenvalue weighted by Crippen LogP contribution is 2.38. The van der Waals surface area contributed by atoms with Crippen molar-refractivity contribution in [3.05, 3.63) is 42.5 Å². The number of benzene rings is 1. The Kier molecular flexibility index (Phi) is 5.90. The van der Waals surface area contributed by atoms with Crippen molar-refractivity contribution in [2.45, 2.75) is 31.1 Å². The number of nitrogens with zero attached hydrogens (tertiary/aromatic N) is 4. The molecule has 0 aliphatic carbocycles. The van der Waals surface area contributed by atoms with Gasteiger partial charge >= 0.3 is 7.82 Å². The van der Waals surface area contributed by atoms with Gasteiger partial charge in [-0.2, -0.15) is 0 Å². The summed E-state index contributed by atoms with van der Waals surface area (Å²) in [6.07, 6.45) is -1.17. The molecule has 3 aromatic rings. The quantitative estimate of drug-likeness (QED) is 0.294. The van der Waals surface area contributed by atoms with E-state index in [1.807, 2.05) is 0 Å². The average molecular weight is 453 g/mol. The summed E-state index contributed by atoms with van der Waals surface area (Å²) in [5.74, 6) is 0.149. The molecule has 1 saturated heterocycles. The second-order valence-corrected chi connectivity index (χ2v) is 7.99. The van der Waals surface area contributed by atoms with Gasteiger partial charge in [-0.15, -0.1) is 0 Å². The monoisotopic (exact) mass is 453 g/mol. The first kappa shape index (κ1) is 21.6. The van der Waals surface area contributed by atoms with Gasteiger partial charge in [0.25, 0.3) is 0 Å². The van der Waals surface area contributed by atoms with Crippen LogP contribution in [0.4, 0.5) is 5.82 Å². The molecular formula is C17H20N5O8P. The molecule has 0 saturated carbocycles. The summed E-state index contributed by atoms with van der Waals surface area (Å²) < 4.78 is 28.8. The van der Waals surface area contributed by atoms with Crippen LogP contribution < -0.4 is 10.3 Å². The molecule has 0 spiro atoms. The molecule has 4 atom stereocenters. The van der Waals surface area contributed by atoms with Crippen LogP contribution in [-0.4, -0.2) is 64.4 Å². The number of nitrogens with two attached hydrogens (primary N) is 1. The van der Waals surface area contributed by atoms with E-state index in [1.165, 1.54) is 29.4 Å². The summed E-state index contributed by atoms with van der Waals surface area (Å²) in [4.78, 5) is 30.1. The van der Waals surface area contributed by atoms with Gasteiger partial charge in [-0.3, -0.25) is 14.4 Å². The van der Waals surface area contributed by atoms with Gasteiger partial charge in [0.2, 0.25) is 0 Å². The molecule has 0 amide bonds. The van der Waals surface area contributed by atoms with Crippen LogP contribution in [0.15, 0.2) is 36.9 Å². The predicted molar refractivity (Wildman–Crippen MR) is 104 cm³/mol. The maximum Gasteiger partial charge on any atom is 0.524 e. The summed E-state index contributed by atoms with van der Waals surface area (Å²) in [7, 11) is -4.70. The van der Waals surface area contributed by atoms with Crippen LogP contribution in [-0.2, 0) is 20.6 Å². The Morgan fingerprint density at radius 3 is 2.81 bits per heavy atom. The van der Waals surface area contributed by atoms with Crippen LogP contribution in [0.3, 0.4) is 0 Å². The Hall–Kier alpha value is -2.64. The van der Waals surface area contributed by atoms with Gasteiger partial charge < -0.3 is 29.9 Å². The van der Waals surface area contributed by atoms with Crippen LogP contribution in [0.1, 0.15) is 11.8 Å². The summed E-state index contributed by atoms with van der Waals surface area (Å²) in [5.41, 5.74) is 7.08. The third-order valence-electron chi connectivity index (χ3n) is 4.72. The smallest absolute Gasteiger partial charge is 0.404 e. The van der Waals surface area contributed by atoms with Crippen LogP contribution in [0.25, 0.3) is 11.2 Å². The fourth-order valence-corrected chi connectivity index (χ4v) is 3.74. The minimum absolute atomic E-state index is 0.0322. The van der Waals surface area contributed by atoms with Crippen molar-refractivity contribution >= 4 is 24.8 Å². The standard InChI is InChI=1S/C17H20N5O8P/c18-15-12-16(20-7-19-15)22(8-21-12)17-14(13(24)11(5-23)29-17)28-6-9-2-1-3-10(4-9)30-31(25,26)27/h1-4,7-8,11,13-14,17,23-24H,5-6H2,(H2,18,19,20)(H2,25,26,27)/t11-,13+,14-,17-/m1/s1. The van der Waals surface area contributed by atoms with E-state index >= 15 is 0 Å². The highest BCUT2D eigenvalue weighted by Gasteiger charge is 2.46. The van der Waals surface area contributed by atoms with Gasteiger partial charge in [-0.25, -0.2) is 19.5 Å². The van der Waals surface area contributed by atoms with E-state index in [2.05, 4.69) is 19.5 Å². The molecule has 0 radical (unpaired) electrons. The Morgan fingerprint density at radius 2 is 2.06 bits per heavy atom. The number of fused-ring (bicyclic) bond motifs is 1. The Labute approximate surface area is 175 Å². The Morgan fingerprint density at radius 1 is 1.26 bits per heavy atom. The lowest BCUT2D eigenvalue weighted by Crippen LogP contribution is -2.35. The van der Waals surface area contributed by atoms with Gasteiger partial charge in [0.15, 0.2) is 17.7 Å². The first-order chi connectivity index (χ1) is 14.8. The molecule has 2 aromatic heterocycles. The molecule has 166 valence electrons. The number of anilines is 1. The van der Waals surface area contributed by atoms with Crippen molar-refractivity contribution in [1.29, 1.82) is 0 Å². The summed E-state index contributed by atoms with van der Waals surface area (Å²) in [6, 6.07) is 6.00. The molecule has 1 aliphatic heterocycles. The first-order valence-corrected chi connectivity index (χ1v) is 10.6. The lowest BCUT2D eigenvalue weighted by molar-refractivity contribution is -0.0761. The molecule has 1 fully saturated rings. The molecule has 31 heavy (non-hydrogen) atoms. The van der Waals surface area contributed by atoms with Gasteiger partial charge in [-0.1, -0.05) is 12.1 Å². The second kappa shape index (κ2) is 8.48. The minimum atomic E-state index is -4.70. The van der Waals surface area contributed by atoms with Crippen molar-refractivity contribution < 1.29 is 38.6 Å². The lowest BCUT2D eigenvalue weighted by Gasteiger charge is -2.22. The van der Waals surface area contributed by atoms with E-state index in [-0.39, 0.29) is 18.2 Å². The van der Waals surface area contributed by atoms with Crippen molar-refractivity contribution in [3.63, 3.8) is 0 Å². The van der Waals surface area contributed by atoms with E-state index in [9.17, 15) is 14.8 Å². The molecule has 4 rings (SSSR count). The number of imidazole rings is 1. The number of hydrogen-bond donors (Lipinski definition) is 5.